The van der Waals surface area contributed by atoms with Gasteiger partial charge in [-0.05, 0) is 67.1 Å². The fraction of sp³-hybridized carbons (Fsp3) is 0.526. The van der Waals surface area contributed by atoms with E-state index >= 15 is 0 Å². The van der Waals surface area contributed by atoms with Crippen LogP contribution in [0.1, 0.15) is 44.6 Å². The van der Waals surface area contributed by atoms with Crippen LogP contribution < -0.4 is 5.32 Å². The van der Waals surface area contributed by atoms with Crippen LogP contribution in [-0.2, 0) is 0 Å². The summed E-state index contributed by atoms with van der Waals surface area (Å²) in [6.45, 7) is 5.94. The molecule has 0 radical (unpaired) electrons. The monoisotopic (exact) mass is 282 g/mol. The highest BCUT2D eigenvalue weighted by Gasteiger charge is 2.35. The van der Waals surface area contributed by atoms with Gasteiger partial charge >= 0.3 is 0 Å². The SMILES string of the molecule is CNCC1CCC(C)(C)CC1c1cccc2ccncc12. The van der Waals surface area contributed by atoms with E-state index in [1.807, 2.05) is 12.4 Å². The van der Waals surface area contributed by atoms with Crippen molar-refractivity contribution >= 4 is 10.8 Å². The Balaban J connectivity index is 2.04. The van der Waals surface area contributed by atoms with Crippen molar-refractivity contribution in [3.05, 3.63) is 42.2 Å². The lowest BCUT2D eigenvalue weighted by Crippen LogP contribution is -2.33. The van der Waals surface area contributed by atoms with Gasteiger partial charge in [-0.25, -0.2) is 0 Å². The lowest BCUT2D eigenvalue weighted by molar-refractivity contribution is 0.162. The number of pyridine rings is 1. The van der Waals surface area contributed by atoms with E-state index in [-0.39, 0.29) is 0 Å². The maximum atomic E-state index is 4.36. The Morgan fingerprint density at radius 3 is 2.95 bits per heavy atom. The minimum Gasteiger partial charge on any atom is -0.319 e. The van der Waals surface area contributed by atoms with E-state index in [9.17, 15) is 0 Å². The summed E-state index contributed by atoms with van der Waals surface area (Å²) < 4.78 is 0. The molecule has 3 rings (SSSR count). The second-order valence-electron chi connectivity index (χ2n) is 7.28. The zero-order chi connectivity index (χ0) is 14.9. The van der Waals surface area contributed by atoms with Gasteiger partial charge in [-0.2, -0.15) is 0 Å². The molecule has 2 aromatic rings. The second-order valence-corrected chi connectivity index (χ2v) is 7.28. The van der Waals surface area contributed by atoms with E-state index in [0.29, 0.717) is 11.3 Å². The summed E-state index contributed by atoms with van der Waals surface area (Å²) in [6, 6.07) is 8.84. The van der Waals surface area contributed by atoms with Gasteiger partial charge in [-0.15, -0.1) is 0 Å². The Hall–Kier alpha value is -1.41. The fourth-order valence-electron chi connectivity index (χ4n) is 3.97. The van der Waals surface area contributed by atoms with Crippen molar-refractivity contribution in [1.82, 2.24) is 10.3 Å². The minimum absolute atomic E-state index is 0.444. The normalized spacial score (nSPS) is 25.1. The van der Waals surface area contributed by atoms with Gasteiger partial charge in [0.1, 0.15) is 0 Å². The molecule has 1 N–H and O–H groups in total. The van der Waals surface area contributed by atoms with E-state index < -0.39 is 0 Å². The molecule has 1 heterocycles. The van der Waals surface area contributed by atoms with E-state index in [1.165, 1.54) is 35.6 Å². The Labute approximate surface area is 128 Å². The quantitative estimate of drug-likeness (QED) is 0.904. The molecule has 0 saturated heterocycles. The number of aromatic nitrogens is 1. The van der Waals surface area contributed by atoms with E-state index in [2.05, 4.69) is 55.5 Å². The first-order valence-electron chi connectivity index (χ1n) is 8.08. The first-order valence-corrected chi connectivity index (χ1v) is 8.08. The summed E-state index contributed by atoms with van der Waals surface area (Å²) in [5.41, 5.74) is 1.94. The number of nitrogens with one attached hydrogen (secondary N) is 1. The molecule has 2 heteroatoms. The van der Waals surface area contributed by atoms with E-state index in [1.54, 1.807) is 0 Å². The molecule has 112 valence electrons. The van der Waals surface area contributed by atoms with E-state index in [0.717, 1.165) is 12.5 Å². The number of fused-ring (bicyclic) bond motifs is 1. The summed E-state index contributed by atoms with van der Waals surface area (Å²) in [4.78, 5) is 4.36. The molecule has 2 unspecified atom stereocenters. The molecular formula is C19H26N2. The van der Waals surface area contributed by atoms with Crippen molar-refractivity contribution in [2.24, 2.45) is 11.3 Å². The first-order chi connectivity index (χ1) is 10.1. The molecule has 2 atom stereocenters. The van der Waals surface area contributed by atoms with Crippen molar-refractivity contribution in [1.29, 1.82) is 0 Å². The number of hydrogen-bond acceptors (Lipinski definition) is 2. The van der Waals surface area contributed by atoms with Gasteiger partial charge in [0.2, 0.25) is 0 Å². The van der Waals surface area contributed by atoms with Crippen molar-refractivity contribution < 1.29 is 0 Å². The van der Waals surface area contributed by atoms with Crippen LogP contribution in [0.2, 0.25) is 0 Å². The molecule has 0 bridgehead atoms. The molecule has 1 aliphatic carbocycles. The van der Waals surface area contributed by atoms with E-state index in [4.69, 9.17) is 0 Å². The van der Waals surface area contributed by atoms with Crippen LogP contribution in [0, 0.1) is 11.3 Å². The third-order valence-electron chi connectivity index (χ3n) is 5.12. The third-order valence-corrected chi connectivity index (χ3v) is 5.12. The second kappa shape index (κ2) is 5.76. The molecule has 1 fully saturated rings. The average Bonchev–Trinajstić information content (AvgIpc) is 2.48. The first kappa shape index (κ1) is 14.5. The smallest absolute Gasteiger partial charge is 0.0349 e. The Morgan fingerprint density at radius 1 is 1.29 bits per heavy atom. The maximum Gasteiger partial charge on any atom is 0.0349 e. The summed E-state index contributed by atoms with van der Waals surface area (Å²) in [6.07, 6.45) is 7.85. The molecule has 0 spiro atoms. The van der Waals surface area contributed by atoms with Gasteiger partial charge in [-0.1, -0.05) is 32.0 Å². The molecule has 0 amide bonds. The van der Waals surface area contributed by atoms with Crippen molar-refractivity contribution in [2.75, 3.05) is 13.6 Å². The standard InChI is InChI=1S/C19H26N2/c1-19(2)9-7-15(12-20-3)17(11-19)16-6-4-5-14-8-10-21-13-18(14)16/h4-6,8,10,13,15,17,20H,7,9,11-12H2,1-3H3. The molecular weight excluding hydrogens is 256 g/mol. The van der Waals surface area contributed by atoms with Gasteiger partial charge < -0.3 is 5.32 Å². The van der Waals surface area contributed by atoms with Crippen molar-refractivity contribution in [3.8, 4) is 0 Å². The Bertz CT molecular complexity index is 612. The molecule has 0 aliphatic heterocycles. The highest BCUT2D eigenvalue weighted by molar-refractivity contribution is 5.85. The number of nitrogens with zero attached hydrogens (tertiary/aromatic N) is 1. The summed E-state index contributed by atoms with van der Waals surface area (Å²) >= 11 is 0. The predicted molar refractivity (Wildman–Crippen MR) is 89.5 cm³/mol. The highest BCUT2D eigenvalue weighted by atomic mass is 14.8. The van der Waals surface area contributed by atoms with Crippen molar-refractivity contribution in [3.63, 3.8) is 0 Å². The summed E-state index contributed by atoms with van der Waals surface area (Å²) in [7, 11) is 2.07. The summed E-state index contributed by atoms with van der Waals surface area (Å²) in [5.74, 6) is 1.36. The maximum absolute atomic E-state index is 4.36. The Morgan fingerprint density at radius 2 is 2.14 bits per heavy atom. The van der Waals surface area contributed by atoms with Gasteiger partial charge in [-0.3, -0.25) is 4.98 Å². The Kier molecular flexibility index (Phi) is 3.99. The van der Waals surface area contributed by atoms with Crippen LogP contribution in [0.15, 0.2) is 36.7 Å². The average molecular weight is 282 g/mol. The zero-order valence-corrected chi connectivity index (χ0v) is 13.4. The van der Waals surface area contributed by atoms with Crippen LogP contribution in [-0.4, -0.2) is 18.6 Å². The third kappa shape index (κ3) is 2.96. The van der Waals surface area contributed by atoms with Crippen LogP contribution in [0.3, 0.4) is 0 Å². The molecule has 1 saturated carbocycles. The number of hydrogen-bond donors (Lipinski definition) is 1. The molecule has 1 aliphatic rings. The van der Waals surface area contributed by atoms with Gasteiger partial charge in [0.05, 0.1) is 0 Å². The molecule has 1 aromatic carbocycles. The van der Waals surface area contributed by atoms with Gasteiger partial charge in [0.25, 0.3) is 0 Å². The molecule has 1 aromatic heterocycles. The van der Waals surface area contributed by atoms with Gasteiger partial charge in [0, 0.05) is 17.8 Å². The van der Waals surface area contributed by atoms with Crippen LogP contribution in [0.5, 0.6) is 0 Å². The summed E-state index contributed by atoms with van der Waals surface area (Å²) in [5, 5.41) is 6.05. The number of benzene rings is 1. The number of rotatable bonds is 3. The van der Waals surface area contributed by atoms with Crippen LogP contribution in [0.4, 0.5) is 0 Å². The largest absolute Gasteiger partial charge is 0.319 e. The predicted octanol–water partition coefficient (Wildman–Crippen LogP) is 4.36. The molecule has 21 heavy (non-hydrogen) atoms. The van der Waals surface area contributed by atoms with Crippen molar-refractivity contribution in [2.45, 2.75) is 39.0 Å². The van der Waals surface area contributed by atoms with Crippen LogP contribution in [0.25, 0.3) is 10.8 Å². The van der Waals surface area contributed by atoms with Gasteiger partial charge in [0.15, 0.2) is 0 Å². The molecule has 2 nitrogen and oxygen atoms in total. The topological polar surface area (TPSA) is 24.9 Å². The lowest BCUT2D eigenvalue weighted by Gasteiger charge is -2.41. The minimum atomic E-state index is 0.444. The highest BCUT2D eigenvalue weighted by Crippen LogP contribution is 2.47. The lowest BCUT2D eigenvalue weighted by atomic mass is 9.64. The van der Waals surface area contributed by atoms with Crippen LogP contribution >= 0.6 is 0 Å². The zero-order valence-electron chi connectivity index (χ0n) is 13.4. The fourth-order valence-corrected chi connectivity index (χ4v) is 3.97.